The lowest BCUT2D eigenvalue weighted by Crippen LogP contribution is -2.28. The number of hydrogen-bond donors (Lipinski definition) is 2. The van der Waals surface area contributed by atoms with E-state index in [1.807, 2.05) is 19.1 Å². The van der Waals surface area contributed by atoms with Crippen molar-refractivity contribution in [1.29, 1.82) is 0 Å². The molecule has 1 aromatic rings. The second kappa shape index (κ2) is 7.25. The number of unbranched alkanes of at least 4 members (excludes halogenated alkanes) is 1. The fourth-order valence-corrected chi connectivity index (χ4v) is 1.73. The number of nitrogens with zero attached hydrogens (tertiary/aromatic N) is 2. The number of hydrogen-bond acceptors (Lipinski definition) is 4. The first-order valence-electron chi connectivity index (χ1n) is 6.16. The second-order valence-corrected chi connectivity index (χ2v) is 4.14. The first kappa shape index (κ1) is 13.9. The molecule has 0 amide bonds. The summed E-state index contributed by atoms with van der Waals surface area (Å²) in [5, 5.41) is 18.2. The standard InChI is InChI=1S/C13H22N2O2/c1-3-4-7-15(8-9-16)13-6-5-12(10-17)11(2)14-13/h5-6,16-17H,3-4,7-10H2,1-2H3. The highest BCUT2D eigenvalue weighted by molar-refractivity contribution is 5.41. The summed E-state index contributed by atoms with van der Waals surface area (Å²) < 4.78 is 0. The van der Waals surface area contributed by atoms with Crippen molar-refractivity contribution >= 4 is 5.82 Å². The smallest absolute Gasteiger partial charge is 0.128 e. The summed E-state index contributed by atoms with van der Waals surface area (Å²) in [6.45, 7) is 5.70. The predicted octanol–water partition coefficient (Wildman–Crippen LogP) is 1.48. The van der Waals surface area contributed by atoms with E-state index in [2.05, 4.69) is 16.8 Å². The number of aromatic nitrogens is 1. The van der Waals surface area contributed by atoms with Crippen LogP contribution in [-0.2, 0) is 6.61 Å². The third kappa shape index (κ3) is 3.98. The predicted molar refractivity (Wildman–Crippen MR) is 69.1 cm³/mol. The lowest BCUT2D eigenvalue weighted by atomic mass is 10.2. The minimum absolute atomic E-state index is 0.0219. The molecular formula is C13H22N2O2. The Bertz CT molecular complexity index is 342. The first-order valence-corrected chi connectivity index (χ1v) is 6.16. The highest BCUT2D eigenvalue weighted by atomic mass is 16.3. The van der Waals surface area contributed by atoms with Crippen LogP contribution in [-0.4, -0.2) is 34.9 Å². The van der Waals surface area contributed by atoms with E-state index in [4.69, 9.17) is 10.2 Å². The van der Waals surface area contributed by atoms with Gasteiger partial charge in [-0.15, -0.1) is 0 Å². The molecule has 0 atom stereocenters. The van der Waals surface area contributed by atoms with Crippen LogP contribution in [0.25, 0.3) is 0 Å². The maximum atomic E-state index is 9.10. The van der Waals surface area contributed by atoms with E-state index in [1.54, 1.807) is 0 Å². The van der Waals surface area contributed by atoms with Gasteiger partial charge in [0.15, 0.2) is 0 Å². The molecule has 4 nitrogen and oxygen atoms in total. The largest absolute Gasteiger partial charge is 0.395 e. The van der Waals surface area contributed by atoms with E-state index in [0.29, 0.717) is 6.54 Å². The number of aliphatic hydroxyl groups excluding tert-OH is 2. The van der Waals surface area contributed by atoms with Crippen molar-refractivity contribution < 1.29 is 10.2 Å². The minimum Gasteiger partial charge on any atom is -0.395 e. The molecule has 1 rings (SSSR count). The van der Waals surface area contributed by atoms with Crippen molar-refractivity contribution in [3.8, 4) is 0 Å². The average molecular weight is 238 g/mol. The fraction of sp³-hybridized carbons (Fsp3) is 0.615. The van der Waals surface area contributed by atoms with Gasteiger partial charge in [-0.3, -0.25) is 0 Å². The van der Waals surface area contributed by atoms with Crippen molar-refractivity contribution in [2.24, 2.45) is 0 Å². The van der Waals surface area contributed by atoms with Crippen molar-refractivity contribution in [2.75, 3.05) is 24.6 Å². The summed E-state index contributed by atoms with van der Waals surface area (Å²) in [6.07, 6.45) is 2.21. The van der Waals surface area contributed by atoms with Crippen molar-refractivity contribution in [2.45, 2.75) is 33.3 Å². The summed E-state index contributed by atoms with van der Waals surface area (Å²) in [4.78, 5) is 6.55. The summed E-state index contributed by atoms with van der Waals surface area (Å²) in [6, 6.07) is 3.80. The Hall–Kier alpha value is -1.13. The number of aliphatic hydroxyl groups is 2. The molecule has 0 radical (unpaired) electrons. The van der Waals surface area contributed by atoms with Crippen molar-refractivity contribution in [3.05, 3.63) is 23.4 Å². The number of anilines is 1. The highest BCUT2D eigenvalue weighted by Gasteiger charge is 2.08. The number of aryl methyl sites for hydroxylation is 1. The van der Waals surface area contributed by atoms with Crippen LogP contribution in [0.5, 0.6) is 0 Å². The van der Waals surface area contributed by atoms with Gasteiger partial charge in [0, 0.05) is 18.8 Å². The molecule has 0 fully saturated rings. The zero-order valence-corrected chi connectivity index (χ0v) is 10.7. The van der Waals surface area contributed by atoms with E-state index in [0.717, 1.165) is 36.5 Å². The Kier molecular flexibility index (Phi) is 5.94. The van der Waals surface area contributed by atoms with Crippen LogP contribution in [0.2, 0.25) is 0 Å². The van der Waals surface area contributed by atoms with Gasteiger partial charge < -0.3 is 15.1 Å². The maximum absolute atomic E-state index is 9.10. The molecule has 1 heterocycles. The average Bonchev–Trinajstić information content (AvgIpc) is 2.34. The molecular weight excluding hydrogens is 216 g/mol. The Balaban J connectivity index is 2.82. The van der Waals surface area contributed by atoms with E-state index in [1.165, 1.54) is 0 Å². The van der Waals surface area contributed by atoms with Gasteiger partial charge in [0.05, 0.1) is 13.2 Å². The summed E-state index contributed by atoms with van der Waals surface area (Å²) in [5.41, 5.74) is 1.71. The Morgan fingerprint density at radius 2 is 2.00 bits per heavy atom. The van der Waals surface area contributed by atoms with Gasteiger partial charge in [-0.05, 0) is 25.0 Å². The monoisotopic (exact) mass is 238 g/mol. The highest BCUT2D eigenvalue weighted by Crippen LogP contribution is 2.15. The fourth-order valence-electron chi connectivity index (χ4n) is 1.73. The topological polar surface area (TPSA) is 56.6 Å². The van der Waals surface area contributed by atoms with Crippen LogP contribution in [0.15, 0.2) is 12.1 Å². The van der Waals surface area contributed by atoms with Crippen molar-refractivity contribution in [3.63, 3.8) is 0 Å². The quantitative estimate of drug-likeness (QED) is 0.755. The molecule has 0 bridgehead atoms. The molecule has 0 aromatic carbocycles. The summed E-state index contributed by atoms with van der Waals surface area (Å²) >= 11 is 0. The molecule has 1 aromatic heterocycles. The first-order chi connectivity index (χ1) is 8.22. The van der Waals surface area contributed by atoms with Crippen LogP contribution in [0, 0.1) is 6.92 Å². The second-order valence-electron chi connectivity index (χ2n) is 4.14. The summed E-state index contributed by atoms with van der Waals surface area (Å²) in [5.74, 6) is 0.877. The van der Waals surface area contributed by atoms with Gasteiger partial charge in [-0.1, -0.05) is 19.4 Å². The molecule has 4 heteroatoms. The molecule has 0 unspecified atom stereocenters. The van der Waals surface area contributed by atoms with Gasteiger partial charge in [-0.2, -0.15) is 0 Å². The molecule has 0 aliphatic heterocycles. The maximum Gasteiger partial charge on any atom is 0.128 e. The zero-order chi connectivity index (χ0) is 12.7. The molecule has 0 saturated heterocycles. The molecule has 0 saturated carbocycles. The molecule has 96 valence electrons. The van der Waals surface area contributed by atoms with E-state index >= 15 is 0 Å². The molecule has 0 aliphatic carbocycles. The third-order valence-corrected chi connectivity index (χ3v) is 2.83. The van der Waals surface area contributed by atoms with E-state index in [-0.39, 0.29) is 13.2 Å². The number of rotatable bonds is 7. The summed E-state index contributed by atoms with van der Waals surface area (Å²) in [7, 11) is 0. The molecule has 2 N–H and O–H groups in total. The molecule has 17 heavy (non-hydrogen) atoms. The Morgan fingerprint density at radius 3 is 2.53 bits per heavy atom. The normalized spacial score (nSPS) is 10.6. The van der Waals surface area contributed by atoms with Gasteiger partial charge in [-0.25, -0.2) is 4.98 Å². The van der Waals surface area contributed by atoms with Crippen LogP contribution < -0.4 is 4.90 Å². The minimum atomic E-state index is 0.0219. The van der Waals surface area contributed by atoms with Crippen LogP contribution in [0.1, 0.15) is 31.0 Å². The SMILES string of the molecule is CCCCN(CCO)c1ccc(CO)c(C)n1. The van der Waals surface area contributed by atoms with Crippen molar-refractivity contribution in [1.82, 2.24) is 4.98 Å². The van der Waals surface area contributed by atoms with Gasteiger partial charge >= 0.3 is 0 Å². The third-order valence-electron chi connectivity index (χ3n) is 2.83. The van der Waals surface area contributed by atoms with Gasteiger partial charge in [0.25, 0.3) is 0 Å². The van der Waals surface area contributed by atoms with Crippen LogP contribution >= 0.6 is 0 Å². The van der Waals surface area contributed by atoms with E-state index < -0.39 is 0 Å². The van der Waals surface area contributed by atoms with E-state index in [9.17, 15) is 0 Å². The van der Waals surface area contributed by atoms with Crippen LogP contribution in [0.3, 0.4) is 0 Å². The molecule has 0 spiro atoms. The lowest BCUT2D eigenvalue weighted by Gasteiger charge is -2.23. The molecule has 0 aliphatic rings. The zero-order valence-electron chi connectivity index (χ0n) is 10.7. The Labute approximate surface area is 103 Å². The van der Waals surface area contributed by atoms with Gasteiger partial charge in [0.1, 0.15) is 5.82 Å². The lowest BCUT2D eigenvalue weighted by molar-refractivity contribution is 0.280. The Morgan fingerprint density at radius 1 is 1.24 bits per heavy atom. The van der Waals surface area contributed by atoms with Gasteiger partial charge in [0.2, 0.25) is 0 Å². The number of pyridine rings is 1. The van der Waals surface area contributed by atoms with Crippen LogP contribution in [0.4, 0.5) is 5.82 Å².